The first-order valence-electron chi connectivity index (χ1n) is 8.02. The van der Waals surface area contributed by atoms with Gasteiger partial charge in [0.15, 0.2) is 0 Å². The Labute approximate surface area is 142 Å². The fourth-order valence-electron chi connectivity index (χ4n) is 2.89. The summed E-state index contributed by atoms with van der Waals surface area (Å²) in [4.78, 5) is 6.78. The number of phenolic OH excluding ortho intramolecular Hbond substituents is 1. The number of hydrogen-bond donors (Lipinski definition) is 1. The van der Waals surface area contributed by atoms with E-state index in [1.807, 2.05) is 37.3 Å². The molecule has 1 N–H and O–H groups in total. The van der Waals surface area contributed by atoms with Crippen LogP contribution >= 0.6 is 11.6 Å². The summed E-state index contributed by atoms with van der Waals surface area (Å²) in [6, 6.07) is 11.4. The molecule has 0 spiro atoms. The van der Waals surface area contributed by atoms with Crippen LogP contribution in [0.2, 0.25) is 5.02 Å². The number of nitrogens with zero attached hydrogens (tertiary/aromatic N) is 2. The molecule has 0 radical (unpaired) electrons. The van der Waals surface area contributed by atoms with E-state index in [-0.39, 0.29) is 5.75 Å². The van der Waals surface area contributed by atoms with Gasteiger partial charge >= 0.3 is 0 Å². The zero-order valence-corrected chi connectivity index (χ0v) is 14.1. The van der Waals surface area contributed by atoms with Crippen molar-refractivity contribution in [2.45, 2.75) is 26.2 Å². The molecule has 0 aromatic heterocycles. The molecule has 1 heterocycles. The van der Waals surface area contributed by atoms with E-state index in [1.54, 1.807) is 12.3 Å². The van der Waals surface area contributed by atoms with Gasteiger partial charge < -0.3 is 10.0 Å². The number of benzene rings is 2. The van der Waals surface area contributed by atoms with Gasteiger partial charge in [0.25, 0.3) is 0 Å². The third-order valence-corrected chi connectivity index (χ3v) is 4.47. The largest absolute Gasteiger partial charge is 0.507 e. The molecule has 0 amide bonds. The van der Waals surface area contributed by atoms with Crippen LogP contribution in [0.1, 0.15) is 30.4 Å². The van der Waals surface area contributed by atoms with E-state index in [2.05, 4.69) is 9.89 Å². The molecule has 1 saturated heterocycles. The monoisotopic (exact) mass is 328 g/mol. The number of aromatic hydroxyl groups is 1. The predicted octanol–water partition coefficient (Wildman–Crippen LogP) is 5.09. The van der Waals surface area contributed by atoms with Crippen molar-refractivity contribution in [3.63, 3.8) is 0 Å². The van der Waals surface area contributed by atoms with Crippen molar-refractivity contribution < 1.29 is 5.11 Å². The molecule has 120 valence electrons. The third kappa shape index (κ3) is 3.85. The van der Waals surface area contributed by atoms with E-state index in [0.717, 1.165) is 35.1 Å². The molecule has 0 atom stereocenters. The minimum Gasteiger partial charge on any atom is -0.507 e. The first-order chi connectivity index (χ1) is 11.1. The normalized spacial score (nSPS) is 15.3. The molecule has 4 heteroatoms. The summed E-state index contributed by atoms with van der Waals surface area (Å²) >= 11 is 6.44. The highest BCUT2D eigenvalue weighted by molar-refractivity contribution is 6.33. The molecule has 0 saturated carbocycles. The summed E-state index contributed by atoms with van der Waals surface area (Å²) in [5, 5.41) is 10.6. The van der Waals surface area contributed by atoms with Crippen molar-refractivity contribution in [2.75, 3.05) is 18.0 Å². The van der Waals surface area contributed by atoms with Crippen LogP contribution in [0.15, 0.2) is 41.4 Å². The Morgan fingerprint density at radius 2 is 1.87 bits per heavy atom. The number of aryl methyl sites for hydroxylation is 1. The lowest BCUT2D eigenvalue weighted by atomic mass is 10.1. The summed E-state index contributed by atoms with van der Waals surface area (Å²) in [7, 11) is 0. The highest BCUT2D eigenvalue weighted by Gasteiger charge is 2.13. The average Bonchev–Trinajstić information content (AvgIpc) is 2.56. The molecule has 3 nitrogen and oxygen atoms in total. The van der Waals surface area contributed by atoms with Crippen molar-refractivity contribution in [3.05, 3.63) is 52.5 Å². The molecule has 0 unspecified atom stereocenters. The number of rotatable bonds is 3. The lowest BCUT2D eigenvalue weighted by molar-refractivity contribution is 0.474. The van der Waals surface area contributed by atoms with Crippen molar-refractivity contribution in [1.29, 1.82) is 0 Å². The van der Waals surface area contributed by atoms with Crippen LogP contribution < -0.4 is 4.90 Å². The van der Waals surface area contributed by atoms with Crippen LogP contribution in [0, 0.1) is 6.92 Å². The van der Waals surface area contributed by atoms with Crippen LogP contribution in [-0.4, -0.2) is 24.4 Å². The molecular weight excluding hydrogens is 308 g/mol. The van der Waals surface area contributed by atoms with Crippen LogP contribution in [0.4, 0.5) is 11.4 Å². The number of aliphatic imine (C=N–C) groups is 1. The Hall–Kier alpha value is -2.00. The highest BCUT2D eigenvalue weighted by atomic mass is 35.5. The molecule has 0 bridgehead atoms. The minimum atomic E-state index is 0.232. The van der Waals surface area contributed by atoms with E-state index >= 15 is 0 Å². The molecule has 1 aliphatic heterocycles. The second-order valence-electron chi connectivity index (χ2n) is 6.00. The lowest BCUT2D eigenvalue weighted by Gasteiger charge is -2.29. The van der Waals surface area contributed by atoms with Crippen LogP contribution in [0.25, 0.3) is 0 Å². The van der Waals surface area contributed by atoms with Crippen LogP contribution in [-0.2, 0) is 0 Å². The van der Waals surface area contributed by atoms with Crippen molar-refractivity contribution in [1.82, 2.24) is 0 Å². The van der Waals surface area contributed by atoms with Gasteiger partial charge in [0, 0.05) is 24.9 Å². The van der Waals surface area contributed by atoms with Crippen molar-refractivity contribution in [2.24, 2.45) is 4.99 Å². The Bertz CT molecular complexity index is 721. The predicted molar refractivity (Wildman–Crippen MR) is 97.6 cm³/mol. The van der Waals surface area contributed by atoms with Gasteiger partial charge in [-0.2, -0.15) is 0 Å². The van der Waals surface area contributed by atoms with Crippen molar-refractivity contribution >= 4 is 29.2 Å². The smallest absolute Gasteiger partial charge is 0.124 e. The molecule has 23 heavy (non-hydrogen) atoms. The summed E-state index contributed by atoms with van der Waals surface area (Å²) in [6.07, 6.45) is 5.43. The number of anilines is 1. The van der Waals surface area contributed by atoms with E-state index in [1.165, 1.54) is 19.3 Å². The molecule has 0 aliphatic carbocycles. The molecule has 1 aliphatic rings. The van der Waals surface area contributed by atoms with Crippen LogP contribution in [0.3, 0.4) is 0 Å². The van der Waals surface area contributed by atoms with Gasteiger partial charge in [0.2, 0.25) is 0 Å². The average molecular weight is 329 g/mol. The second kappa shape index (κ2) is 7.05. The Kier molecular flexibility index (Phi) is 4.87. The number of phenols is 1. The maximum atomic E-state index is 9.86. The maximum absolute atomic E-state index is 9.86. The Balaban J connectivity index is 1.80. The Morgan fingerprint density at radius 3 is 2.61 bits per heavy atom. The fourth-order valence-corrected chi connectivity index (χ4v) is 3.18. The van der Waals surface area contributed by atoms with E-state index in [4.69, 9.17) is 11.6 Å². The van der Waals surface area contributed by atoms with E-state index < -0.39 is 0 Å². The SMILES string of the molecule is Cc1ccc(O)c(C=Nc2ccc(N3CCCCC3)c(Cl)c2)c1. The topological polar surface area (TPSA) is 35.8 Å². The zero-order chi connectivity index (χ0) is 16.2. The van der Waals surface area contributed by atoms with E-state index in [9.17, 15) is 5.11 Å². The fraction of sp³-hybridized carbons (Fsp3) is 0.316. The number of hydrogen-bond acceptors (Lipinski definition) is 3. The highest BCUT2D eigenvalue weighted by Crippen LogP contribution is 2.32. The second-order valence-corrected chi connectivity index (χ2v) is 6.41. The van der Waals surface area contributed by atoms with Gasteiger partial charge in [-0.05, 0) is 56.5 Å². The standard InChI is InChI=1S/C19H21ClN2O/c1-14-5-8-19(23)15(11-14)13-21-16-6-7-18(17(20)12-16)22-9-3-2-4-10-22/h5-8,11-13,23H,2-4,9-10H2,1H3. The van der Waals surface area contributed by atoms with E-state index in [0.29, 0.717) is 5.56 Å². The zero-order valence-electron chi connectivity index (χ0n) is 13.3. The van der Waals surface area contributed by atoms with Gasteiger partial charge in [-0.3, -0.25) is 4.99 Å². The minimum absolute atomic E-state index is 0.232. The summed E-state index contributed by atoms with van der Waals surface area (Å²) < 4.78 is 0. The summed E-state index contributed by atoms with van der Waals surface area (Å²) in [5.41, 5.74) is 3.67. The van der Waals surface area contributed by atoms with Crippen molar-refractivity contribution in [3.8, 4) is 5.75 Å². The summed E-state index contributed by atoms with van der Waals surface area (Å²) in [6.45, 7) is 4.13. The summed E-state index contributed by atoms with van der Waals surface area (Å²) in [5.74, 6) is 0.232. The third-order valence-electron chi connectivity index (χ3n) is 4.16. The molecule has 1 fully saturated rings. The molecule has 2 aromatic carbocycles. The van der Waals surface area contributed by atoms with Gasteiger partial charge in [0.05, 0.1) is 16.4 Å². The molecule has 2 aromatic rings. The lowest BCUT2D eigenvalue weighted by Crippen LogP contribution is -2.29. The van der Waals surface area contributed by atoms with Gasteiger partial charge in [-0.15, -0.1) is 0 Å². The van der Waals surface area contributed by atoms with Gasteiger partial charge in [-0.1, -0.05) is 23.2 Å². The molecule has 3 rings (SSSR count). The quantitative estimate of drug-likeness (QED) is 0.796. The first-order valence-corrected chi connectivity index (χ1v) is 8.39. The van der Waals surface area contributed by atoms with Crippen LogP contribution in [0.5, 0.6) is 5.75 Å². The number of halogens is 1. The number of piperidine rings is 1. The Morgan fingerprint density at radius 1 is 1.09 bits per heavy atom. The first kappa shape index (κ1) is 15.9. The van der Waals surface area contributed by atoms with Gasteiger partial charge in [0.1, 0.15) is 5.75 Å². The maximum Gasteiger partial charge on any atom is 0.124 e. The molecular formula is C19H21ClN2O. The van der Waals surface area contributed by atoms with Gasteiger partial charge in [-0.25, -0.2) is 0 Å².